The molecule has 0 saturated carbocycles. The lowest BCUT2D eigenvalue weighted by Crippen LogP contribution is -2.12. The summed E-state index contributed by atoms with van der Waals surface area (Å²) in [5.74, 6) is -0.225. The van der Waals surface area contributed by atoms with Crippen LogP contribution in [-0.2, 0) is 6.18 Å². The summed E-state index contributed by atoms with van der Waals surface area (Å²) in [6.07, 6.45) is -4.66. The molecule has 1 aromatic carbocycles. The van der Waals surface area contributed by atoms with E-state index in [1.54, 1.807) is 0 Å². The number of hydrogen-bond donors (Lipinski definition) is 1. The highest BCUT2D eigenvalue weighted by atomic mass is 35.5. The van der Waals surface area contributed by atoms with Gasteiger partial charge in [-0.2, -0.15) is 13.2 Å². The predicted molar refractivity (Wildman–Crippen MR) is 59.9 cm³/mol. The van der Waals surface area contributed by atoms with Gasteiger partial charge in [-0.05, 0) is 6.07 Å². The molecule has 0 spiro atoms. The van der Waals surface area contributed by atoms with Gasteiger partial charge in [-0.1, -0.05) is 0 Å². The highest BCUT2D eigenvalue weighted by Gasteiger charge is 2.33. The third-order valence-electron chi connectivity index (χ3n) is 1.82. The summed E-state index contributed by atoms with van der Waals surface area (Å²) in [6.45, 7) is 0.0858. The number of ether oxygens (including phenoxy) is 1. The Hall–Kier alpha value is -1.54. The summed E-state index contributed by atoms with van der Waals surface area (Å²) in [5, 5.41) is 10.5. The van der Waals surface area contributed by atoms with Crippen LogP contribution in [-0.4, -0.2) is 18.1 Å². The molecule has 1 rings (SSSR count). The van der Waals surface area contributed by atoms with Gasteiger partial charge in [-0.3, -0.25) is 10.1 Å². The quantitative estimate of drug-likeness (QED) is 0.681. The van der Waals surface area contributed by atoms with E-state index in [0.29, 0.717) is 12.1 Å². The molecule has 0 aromatic heterocycles. The van der Waals surface area contributed by atoms with Crippen LogP contribution in [0.4, 0.5) is 18.9 Å². The normalized spacial score (nSPS) is 10.7. The van der Waals surface area contributed by atoms with Gasteiger partial charge in [0.15, 0.2) is 0 Å². The van der Waals surface area contributed by atoms with Crippen molar-refractivity contribution in [2.75, 3.05) is 13.2 Å². The van der Waals surface area contributed by atoms with E-state index in [9.17, 15) is 23.3 Å². The summed E-state index contributed by atoms with van der Waals surface area (Å²) in [4.78, 5) is 9.55. The molecule has 0 atom stereocenters. The molecule has 0 fully saturated rings. The lowest BCUT2D eigenvalue weighted by atomic mass is 10.2. The van der Waals surface area contributed by atoms with Crippen molar-refractivity contribution in [3.05, 3.63) is 33.9 Å². The number of hydrogen-bond acceptors (Lipinski definition) is 4. The Balaban J connectivity index is 0.00000289. The molecule has 0 unspecified atom stereocenters. The Morgan fingerprint density at radius 3 is 2.39 bits per heavy atom. The van der Waals surface area contributed by atoms with E-state index in [4.69, 9.17) is 10.5 Å². The first-order valence-electron chi connectivity index (χ1n) is 4.54. The molecule has 0 amide bonds. The smallest absolute Gasteiger partial charge is 0.416 e. The molecule has 0 heterocycles. The molecule has 102 valence electrons. The average Bonchev–Trinajstić information content (AvgIpc) is 2.24. The Morgan fingerprint density at radius 2 is 1.94 bits per heavy atom. The molecule has 0 bridgehead atoms. The fourth-order valence-electron chi connectivity index (χ4n) is 1.11. The van der Waals surface area contributed by atoms with Crippen LogP contribution in [0.2, 0.25) is 0 Å². The third kappa shape index (κ3) is 4.38. The maximum Gasteiger partial charge on any atom is 0.416 e. The first-order valence-corrected chi connectivity index (χ1v) is 4.54. The summed E-state index contributed by atoms with van der Waals surface area (Å²) in [7, 11) is 0. The number of nitrogens with zero attached hydrogens (tertiary/aromatic N) is 1. The molecule has 18 heavy (non-hydrogen) atoms. The molecule has 0 aliphatic rings. The van der Waals surface area contributed by atoms with Crippen LogP contribution in [0.15, 0.2) is 18.2 Å². The zero-order valence-corrected chi connectivity index (χ0v) is 9.75. The second kappa shape index (κ2) is 6.41. The van der Waals surface area contributed by atoms with E-state index in [-0.39, 0.29) is 31.3 Å². The van der Waals surface area contributed by atoms with Crippen LogP contribution in [0.25, 0.3) is 0 Å². The molecule has 5 nitrogen and oxygen atoms in total. The van der Waals surface area contributed by atoms with E-state index in [2.05, 4.69) is 0 Å². The molecular formula is C9H10ClF3N2O3. The summed E-state index contributed by atoms with van der Waals surface area (Å²) in [5.41, 5.74) is 3.32. The zero-order chi connectivity index (χ0) is 13.1. The summed E-state index contributed by atoms with van der Waals surface area (Å²) < 4.78 is 42.1. The molecule has 9 heteroatoms. The predicted octanol–water partition coefficient (Wildman–Crippen LogP) is 2.37. The Bertz CT molecular complexity index is 426. The Labute approximate surface area is 106 Å². The van der Waals surface area contributed by atoms with E-state index < -0.39 is 22.4 Å². The minimum absolute atomic E-state index is 0. The van der Waals surface area contributed by atoms with Crippen LogP contribution < -0.4 is 10.5 Å². The van der Waals surface area contributed by atoms with Crippen LogP contribution >= 0.6 is 12.4 Å². The van der Waals surface area contributed by atoms with E-state index in [0.717, 1.165) is 6.07 Å². The van der Waals surface area contributed by atoms with Gasteiger partial charge in [0.1, 0.15) is 12.4 Å². The van der Waals surface area contributed by atoms with Crippen molar-refractivity contribution in [1.82, 2.24) is 0 Å². The van der Waals surface area contributed by atoms with Crippen molar-refractivity contribution in [3.8, 4) is 5.75 Å². The largest absolute Gasteiger partial charge is 0.492 e. The van der Waals surface area contributed by atoms with Gasteiger partial charge >= 0.3 is 6.18 Å². The fourth-order valence-corrected chi connectivity index (χ4v) is 1.11. The SMILES string of the molecule is Cl.NCCOc1cc([N+](=O)[O-])cc(C(F)(F)F)c1. The number of nitro benzene ring substituents is 1. The maximum absolute atomic E-state index is 12.4. The molecule has 0 aliphatic carbocycles. The van der Waals surface area contributed by atoms with Gasteiger partial charge in [-0.25, -0.2) is 0 Å². The average molecular weight is 287 g/mol. The zero-order valence-electron chi connectivity index (χ0n) is 8.94. The number of nitrogens with two attached hydrogens (primary N) is 1. The number of non-ortho nitro benzene ring substituents is 1. The Morgan fingerprint density at radius 1 is 1.33 bits per heavy atom. The molecule has 2 N–H and O–H groups in total. The standard InChI is InChI=1S/C9H9F3N2O3.ClH/c10-9(11,12)6-3-7(14(15)16)5-8(4-6)17-2-1-13;/h3-5H,1-2,13H2;1H. The van der Waals surface area contributed by atoms with Crippen molar-refractivity contribution in [3.63, 3.8) is 0 Å². The van der Waals surface area contributed by atoms with Crippen molar-refractivity contribution >= 4 is 18.1 Å². The van der Waals surface area contributed by atoms with E-state index in [1.807, 2.05) is 0 Å². The summed E-state index contributed by atoms with van der Waals surface area (Å²) >= 11 is 0. The maximum atomic E-state index is 12.4. The van der Waals surface area contributed by atoms with Crippen molar-refractivity contribution < 1.29 is 22.8 Å². The second-order valence-corrected chi connectivity index (χ2v) is 3.11. The molecular weight excluding hydrogens is 277 g/mol. The number of alkyl halides is 3. The van der Waals surface area contributed by atoms with Crippen molar-refractivity contribution in [2.45, 2.75) is 6.18 Å². The van der Waals surface area contributed by atoms with E-state index >= 15 is 0 Å². The minimum atomic E-state index is -4.66. The first kappa shape index (κ1) is 16.5. The van der Waals surface area contributed by atoms with Crippen LogP contribution in [0, 0.1) is 10.1 Å². The van der Waals surface area contributed by atoms with Gasteiger partial charge < -0.3 is 10.5 Å². The van der Waals surface area contributed by atoms with Crippen molar-refractivity contribution in [2.24, 2.45) is 5.73 Å². The van der Waals surface area contributed by atoms with Gasteiger partial charge in [0, 0.05) is 12.6 Å². The van der Waals surface area contributed by atoms with E-state index in [1.165, 1.54) is 0 Å². The third-order valence-corrected chi connectivity index (χ3v) is 1.82. The topological polar surface area (TPSA) is 78.4 Å². The number of nitro groups is 1. The number of halogens is 4. The summed E-state index contributed by atoms with van der Waals surface area (Å²) in [6, 6.07) is 2.07. The first-order chi connectivity index (χ1) is 7.84. The van der Waals surface area contributed by atoms with Crippen molar-refractivity contribution in [1.29, 1.82) is 0 Å². The van der Waals surface area contributed by atoms with Gasteiger partial charge in [0.05, 0.1) is 16.6 Å². The van der Waals surface area contributed by atoms with Gasteiger partial charge in [0.2, 0.25) is 0 Å². The number of benzene rings is 1. The molecule has 0 aliphatic heterocycles. The monoisotopic (exact) mass is 286 g/mol. The number of rotatable bonds is 4. The second-order valence-electron chi connectivity index (χ2n) is 3.11. The Kier molecular flexibility index (Phi) is 5.86. The minimum Gasteiger partial charge on any atom is -0.492 e. The van der Waals surface area contributed by atoms with Crippen LogP contribution in [0.1, 0.15) is 5.56 Å². The van der Waals surface area contributed by atoms with Gasteiger partial charge in [-0.15, -0.1) is 12.4 Å². The highest BCUT2D eigenvalue weighted by Crippen LogP contribution is 2.34. The van der Waals surface area contributed by atoms with Gasteiger partial charge in [0.25, 0.3) is 5.69 Å². The molecule has 0 radical (unpaired) electrons. The fraction of sp³-hybridized carbons (Fsp3) is 0.333. The molecule has 0 saturated heterocycles. The van der Waals surface area contributed by atoms with Crippen LogP contribution in [0.3, 0.4) is 0 Å². The lowest BCUT2D eigenvalue weighted by molar-refractivity contribution is -0.385. The lowest BCUT2D eigenvalue weighted by Gasteiger charge is -2.09. The van der Waals surface area contributed by atoms with Crippen LogP contribution in [0.5, 0.6) is 5.75 Å². The highest BCUT2D eigenvalue weighted by molar-refractivity contribution is 5.85. The molecule has 1 aromatic rings.